The van der Waals surface area contributed by atoms with Crippen LogP contribution < -0.4 is 5.32 Å². The Morgan fingerprint density at radius 3 is 2.32 bits per heavy atom. The van der Waals surface area contributed by atoms with Gasteiger partial charge in [0.25, 0.3) is 0 Å². The van der Waals surface area contributed by atoms with E-state index in [0.717, 1.165) is 11.3 Å². The minimum Gasteiger partial charge on any atom is -0.445 e. The first kappa shape index (κ1) is 26.9. The lowest BCUT2D eigenvalue weighted by atomic mass is 9.87. The first-order chi connectivity index (χ1) is 16.3. The molecule has 0 saturated heterocycles. The minimum absolute atomic E-state index is 0.0556. The number of aryl methyl sites for hydroxylation is 1. The van der Waals surface area contributed by atoms with Gasteiger partial charge in [-0.3, -0.25) is 19.4 Å². The van der Waals surface area contributed by atoms with Crippen molar-refractivity contribution in [2.24, 2.45) is 11.8 Å². The fourth-order valence-electron chi connectivity index (χ4n) is 3.60. The summed E-state index contributed by atoms with van der Waals surface area (Å²) in [4.78, 5) is 54.7. The smallest absolute Gasteiger partial charge is 0.408 e. The lowest BCUT2D eigenvalue weighted by molar-refractivity contribution is -0.140. The number of Topliss-reactive ketones (excluding diaryl/α,β-unsaturated/α-hetero) is 3. The van der Waals surface area contributed by atoms with Crippen LogP contribution in [-0.4, -0.2) is 34.5 Å². The van der Waals surface area contributed by atoms with E-state index < -0.39 is 29.6 Å². The summed E-state index contributed by atoms with van der Waals surface area (Å²) in [6.45, 7) is 5.76. The molecule has 0 bridgehead atoms. The van der Waals surface area contributed by atoms with Crippen LogP contribution in [0.4, 0.5) is 4.79 Å². The Kier molecular flexibility index (Phi) is 11.1. The van der Waals surface area contributed by atoms with Gasteiger partial charge in [-0.15, -0.1) is 0 Å². The first-order valence-electron chi connectivity index (χ1n) is 11.8. The predicted octanol–water partition coefficient (Wildman–Crippen LogP) is 4.48. The molecule has 2 atom stereocenters. The second kappa shape index (κ2) is 14.0. The number of amides is 1. The quantitative estimate of drug-likeness (QED) is 0.412. The molecule has 2 unspecified atom stereocenters. The zero-order valence-electron chi connectivity index (χ0n) is 20.2. The van der Waals surface area contributed by atoms with E-state index in [1.165, 1.54) is 0 Å². The van der Waals surface area contributed by atoms with E-state index in [9.17, 15) is 19.2 Å². The Morgan fingerprint density at radius 2 is 1.71 bits per heavy atom. The van der Waals surface area contributed by atoms with Gasteiger partial charge in [0.15, 0.2) is 11.6 Å². The largest absolute Gasteiger partial charge is 0.445 e. The van der Waals surface area contributed by atoms with Crippen LogP contribution in [0, 0.1) is 11.8 Å². The Bertz CT molecular complexity index is 944. The molecule has 0 spiro atoms. The first-order valence-corrected chi connectivity index (χ1v) is 11.8. The van der Waals surface area contributed by atoms with Gasteiger partial charge in [0.2, 0.25) is 5.78 Å². The molecule has 0 saturated carbocycles. The van der Waals surface area contributed by atoms with Gasteiger partial charge in [-0.2, -0.15) is 0 Å². The zero-order valence-corrected chi connectivity index (χ0v) is 20.2. The second-order valence-corrected chi connectivity index (χ2v) is 8.77. The molecule has 0 aliphatic heterocycles. The second-order valence-electron chi connectivity index (χ2n) is 8.77. The molecule has 2 rings (SSSR count). The number of alkyl carbamates (subject to hydrolysis) is 1. The van der Waals surface area contributed by atoms with Gasteiger partial charge in [0.1, 0.15) is 6.61 Å². The third kappa shape index (κ3) is 9.25. The van der Waals surface area contributed by atoms with E-state index in [1.807, 2.05) is 50.2 Å². The fraction of sp³-hybridized carbons (Fsp3) is 0.444. The van der Waals surface area contributed by atoms with Crippen LogP contribution in [0.3, 0.4) is 0 Å². The number of carbonyl (C=O) groups is 4. The summed E-state index contributed by atoms with van der Waals surface area (Å²) in [5.41, 5.74) is 1.58. The highest BCUT2D eigenvalue weighted by Gasteiger charge is 2.30. The maximum absolute atomic E-state index is 13.0. The molecule has 1 heterocycles. The van der Waals surface area contributed by atoms with Crippen molar-refractivity contribution >= 4 is 23.4 Å². The van der Waals surface area contributed by atoms with Crippen LogP contribution in [0.15, 0.2) is 54.7 Å². The Balaban J connectivity index is 1.93. The summed E-state index contributed by atoms with van der Waals surface area (Å²) >= 11 is 0. The monoisotopic (exact) mass is 466 g/mol. The van der Waals surface area contributed by atoms with Crippen molar-refractivity contribution in [3.63, 3.8) is 0 Å². The highest BCUT2D eigenvalue weighted by Crippen LogP contribution is 2.17. The number of hydrogen-bond donors (Lipinski definition) is 1. The van der Waals surface area contributed by atoms with Crippen LogP contribution in [0.2, 0.25) is 0 Å². The maximum atomic E-state index is 13.0. The normalized spacial score (nSPS) is 12.6. The highest BCUT2D eigenvalue weighted by atomic mass is 16.5. The fourth-order valence-corrected chi connectivity index (χ4v) is 3.60. The molecule has 0 aliphatic rings. The number of nitrogens with zero attached hydrogens (tertiary/aromatic N) is 1. The van der Waals surface area contributed by atoms with Crippen LogP contribution in [-0.2, 0) is 32.1 Å². The van der Waals surface area contributed by atoms with E-state index in [0.29, 0.717) is 19.3 Å². The molecule has 1 aromatic heterocycles. The average molecular weight is 467 g/mol. The SMILES string of the molecule is CCC(CC(=O)C(CC(C)C)NC(=O)OCc1ccccc1)C(=O)C(=O)CCc1ccccn1. The molecule has 182 valence electrons. The molecule has 1 N–H and O–H groups in total. The number of hydrogen-bond acceptors (Lipinski definition) is 6. The number of nitrogens with one attached hydrogen (secondary N) is 1. The lowest BCUT2D eigenvalue weighted by Gasteiger charge is -2.21. The van der Waals surface area contributed by atoms with E-state index in [-0.39, 0.29) is 31.1 Å². The lowest BCUT2D eigenvalue weighted by Crippen LogP contribution is -2.43. The molecular weight excluding hydrogens is 432 g/mol. The number of ether oxygens (including phenoxy) is 1. The molecule has 0 radical (unpaired) electrons. The summed E-state index contributed by atoms with van der Waals surface area (Å²) in [5, 5.41) is 2.65. The molecular formula is C27H34N2O5. The van der Waals surface area contributed by atoms with Gasteiger partial charge in [0.05, 0.1) is 6.04 Å². The third-order valence-electron chi connectivity index (χ3n) is 5.52. The van der Waals surface area contributed by atoms with Crippen molar-refractivity contribution in [1.29, 1.82) is 0 Å². The van der Waals surface area contributed by atoms with Crippen LogP contribution in [0.5, 0.6) is 0 Å². The Morgan fingerprint density at radius 1 is 1.00 bits per heavy atom. The van der Waals surface area contributed by atoms with Crippen LogP contribution in [0.25, 0.3) is 0 Å². The van der Waals surface area contributed by atoms with Gasteiger partial charge in [-0.25, -0.2) is 4.79 Å². The van der Waals surface area contributed by atoms with Crippen molar-refractivity contribution in [1.82, 2.24) is 10.3 Å². The average Bonchev–Trinajstić information content (AvgIpc) is 2.84. The maximum Gasteiger partial charge on any atom is 0.408 e. The number of benzene rings is 1. The summed E-state index contributed by atoms with van der Waals surface area (Å²) < 4.78 is 5.25. The van der Waals surface area contributed by atoms with Gasteiger partial charge < -0.3 is 10.1 Å². The van der Waals surface area contributed by atoms with Crippen molar-refractivity contribution in [2.45, 2.75) is 65.5 Å². The zero-order chi connectivity index (χ0) is 24.9. The Labute approximate surface area is 201 Å². The van der Waals surface area contributed by atoms with Crippen LogP contribution in [0.1, 0.15) is 57.7 Å². The number of carbonyl (C=O) groups excluding carboxylic acids is 4. The Hall–Kier alpha value is -3.35. The van der Waals surface area contributed by atoms with Crippen molar-refractivity contribution in [2.75, 3.05) is 0 Å². The highest BCUT2D eigenvalue weighted by molar-refractivity contribution is 6.38. The minimum atomic E-state index is -0.784. The third-order valence-corrected chi connectivity index (χ3v) is 5.52. The standard InChI is InChI=1S/C27H34N2O5/c1-4-21(26(32)24(30)14-13-22-12-8-9-15-28-22)17-25(31)23(16-19(2)3)29-27(33)34-18-20-10-6-5-7-11-20/h5-12,15,19,21,23H,4,13-14,16-18H2,1-3H3,(H,29,33). The van der Waals surface area contributed by atoms with Gasteiger partial charge in [-0.05, 0) is 42.9 Å². The molecule has 7 heteroatoms. The molecule has 1 amide bonds. The number of aromatic nitrogens is 1. The topological polar surface area (TPSA) is 102 Å². The molecule has 2 aromatic rings. The van der Waals surface area contributed by atoms with Crippen molar-refractivity contribution in [3.8, 4) is 0 Å². The number of pyridine rings is 1. The number of ketones is 3. The predicted molar refractivity (Wildman–Crippen MR) is 129 cm³/mol. The van der Waals surface area contributed by atoms with Gasteiger partial charge in [-0.1, -0.05) is 57.2 Å². The molecule has 0 fully saturated rings. The summed E-state index contributed by atoms with van der Waals surface area (Å²) in [6.07, 6.45) is 2.07. The summed E-state index contributed by atoms with van der Waals surface area (Å²) in [7, 11) is 0. The molecule has 1 aromatic carbocycles. The van der Waals surface area contributed by atoms with Gasteiger partial charge in [0, 0.05) is 30.7 Å². The van der Waals surface area contributed by atoms with Crippen LogP contribution >= 0.6 is 0 Å². The number of rotatable bonds is 14. The van der Waals surface area contributed by atoms with E-state index in [1.54, 1.807) is 25.3 Å². The van der Waals surface area contributed by atoms with E-state index in [2.05, 4.69) is 10.3 Å². The van der Waals surface area contributed by atoms with Crippen molar-refractivity contribution in [3.05, 3.63) is 66.0 Å². The molecule has 7 nitrogen and oxygen atoms in total. The summed E-state index contributed by atoms with van der Waals surface area (Å²) in [6, 6.07) is 13.9. The summed E-state index contributed by atoms with van der Waals surface area (Å²) in [5.74, 6) is -1.88. The molecule has 0 aliphatic carbocycles. The van der Waals surface area contributed by atoms with E-state index in [4.69, 9.17) is 4.74 Å². The molecule has 34 heavy (non-hydrogen) atoms. The van der Waals surface area contributed by atoms with Crippen molar-refractivity contribution < 1.29 is 23.9 Å². The van der Waals surface area contributed by atoms with Gasteiger partial charge >= 0.3 is 6.09 Å². The van der Waals surface area contributed by atoms with E-state index >= 15 is 0 Å².